The Morgan fingerprint density at radius 3 is 1.80 bits per heavy atom. The predicted octanol–water partition coefficient (Wildman–Crippen LogP) is 1.02. The number of aliphatic imine (C=N–C) groups is 2. The number of hydrogen-bond donors (Lipinski definition) is 2. The Bertz CT molecular complexity index is 266. The van der Waals surface area contributed by atoms with E-state index in [1.807, 2.05) is 12.4 Å². The molecule has 2 aliphatic rings. The second-order valence-electron chi connectivity index (χ2n) is 3.79. The molecular weight excluding hydrogens is 228 g/mol. The minimum atomic E-state index is -0.399. The van der Waals surface area contributed by atoms with Gasteiger partial charge in [-0.05, 0) is 19.3 Å². The quantitative estimate of drug-likeness (QED) is 0.774. The largest absolute Gasteiger partial charge is 0.299 e. The minimum Gasteiger partial charge on any atom is -0.299 e. The van der Waals surface area contributed by atoms with E-state index in [0.29, 0.717) is 0 Å². The van der Waals surface area contributed by atoms with Crippen LogP contribution in [-0.2, 0) is 0 Å². The van der Waals surface area contributed by atoms with E-state index in [1.165, 1.54) is 0 Å². The van der Waals surface area contributed by atoms with Crippen LogP contribution in [0.5, 0.6) is 0 Å². The van der Waals surface area contributed by atoms with E-state index in [4.69, 9.17) is 11.5 Å². The predicted molar refractivity (Wildman–Crippen MR) is 69.6 cm³/mol. The smallest absolute Gasteiger partial charge is 0.155 e. The van der Waals surface area contributed by atoms with E-state index in [2.05, 4.69) is 9.98 Å². The van der Waals surface area contributed by atoms with Gasteiger partial charge in [0.15, 0.2) is 9.99 Å². The summed E-state index contributed by atoms with van der Waals surface area (Å²) in [5, 5.41) is 0. The standard InChI is InChI=1S/C9H16N4S2/c10-8(12-4-6-14-8)2-1-3-9(11)13-5-7-15-9/h4-5H,1-3,6-7,10-11H2. The van der Waals surface area contributed by atoms with Gasteiger partial charge >= 0.3 is 0 Å². The summed E-state index contributed by atoms with van der Waals surface area (Å²) in [6.07, 6.45) is 6.52. The first kappa shape index (κ1) is 11.4. The van der Waals surface area contributed by atoms with Gasteiger partial charge in [0.2, 0.25) is 0 Å². The van der Waals surface area contributed by atoms with Crippen LogP contribution in [0.25, 0.3) is 0 Å². The molecule has 0 aromatic rings. The van der Waals surface area contributed by atoms with Crippen molar-refractivity contribution in [1.82, 2.24) is 0 Å². The first-order valence-electron chi connectivity index (χ1n) is 5.05. The van der Waals surface area contributed by atoms with Crippen LogP contribution in [0.2, 0.25) is 0 Å². The van der Waals surface area contributed by atoms with Gasteiger partial charge in [-0.15, -0.1) is 23.5 Å². The number of nitrogens with zero attached hydrogens (tertiary/aromatic N) is 2. The number of rotatable bonds is 4. The van der Waals surface area contributed by atoms with Crippen molar-refractivity contribution in [2.45, 2.75) is 29.3 Å². The van der Waals surface area contributed by atoms with Crippen LogP contribution in [0, 0.1) is 0 Å². The molecular formula is C9H16N4S2. The number of thioether (sulfide) groups is 2. The third-order valence-electron chi connectivity index (χ3n) is 2.51. The molecule has 0 saturated heterocycles. The maximum Gasteiger partial charge on any atom is 0.155 e. The van der Waals surface area contributed by atoms with Crippen molar-refractivity contribution in [2.75, 3.05) is 11.5 Å². The van der Waals surface area contributed by atoms with E-state index in [1.54, 1.807) is 23.5 Å². The average Bonchev–Trinajstić information content (AvgIpc) is 2.76. The monoisotopic (exact) mass is 244 g/mol. The van der Waals surface area contributed by atoms with Gasteiger partial charge in [-0.3, -0.25) is 21.5 Å². The van der Waals surface area contributed by atoms with Gasteiger partial charge in [-0.25, -0.2) is 0 Å². The van der Waals surface area contributed by atoms with E-state index in [9.17, 15) is 0 Å². The van der Waals surface area contributed by atoms with Gasteiger partial charge < -0.3 is 0 Å². The molecule has 2 rings (SSSR count). The van der Waals surface area contributed by atoms with E-state index in [0.717, 1.165) is 30.8 Å². The Kier molecular flexibility index (Phi) is 3.39. The van der Waals surface area contributed by atoms with Crippen LogP contribution in [-0.4, -0.2) is 33.9 Å². The van der Waals surface area contributed by atoms with Crippen molar-refractivity contribution in [3.8, 4) is 0 Å². The van der Waals surface area contributed by atoms with Gasteiger partial charge in [0.25, 0.3) is 0 Å². The minimum absolute atomic E-state index is 0.399. The zero-order valence-corrected chi connectivity index (χ0v) is 10.2. The summed E-state index contributed by atoms with van der Waals surface area (Å²) in [5.74, 6) is 1.86. The topological polar surface area (TPSA) is 76.8 Å². The fourth-order valence-corrected chi connectivity index (χ4v) is 3.44. The number of nitrogens with two attached hydrogens (primary N) is 2. The lowest BCUT2D eigenvalue weighted by Crippen LogP contribution is -2.35. The maximum absolute atomic E-state index is 6.07. The number of hydrogen-bond acceptors (Lipinski definition) is 6. The third kappa shape index (κ3) is 2.96. The van der Waals surface area contributed by atoms with Crippen LogP contribution in [0.15, 0.2) is 9.98 Å². The van der Waals surface area contributed by atoms with Gasteiger partial charge in [0.1, 0.15) is 0 Å². The molecule has 4 N–H and O–H groups in total. The lowest BCUT2D eigenvalue weighted by molar-refractivity contribution is 0.493. The molecule has 0 radical (unpaired) electrons. The molecule has 2 atom stereocenters. The Hall–Kier alpha value is -0.0400. The molecule has 0 fully saturated rings. The summed E-state index contributed by atoms with van der Waals surface area (Å²) in [7, 11) is 0. The van der Waals surface area contributed by atoms with E-state index in [-0.39, 0.29) is 0 Å². The normalized spacial score (nSPS) is 39.1. The van der Waals surface area contributed by atoms with E-state index >= 15 is 0 Å². The van der Waals surface area contributed by atoms with Crippen molar-refractivity contribution in [3.63, 3.8) is 0 Å². The maximum atomic E-state index is 6.07. The molecule has 0 spiro atoms. The lowest BCUT2D eigenvalue weighted by atomic mass is 10.2. The second kappa shape index (κ2) is 4.45. The summed E-state index contributed by atoms with van der Waals surface area (Å²) in [4.78, 5) is 7.77. The first-order valence-corrected chi connectivity index (χ1v) is 7.02. The molecule has 0 aromatic heterocycles. The zero-order chi connectivity index (χ0) is 10.8. The molecule has 0 bridgehead atoms. The summed E-state index contributed by atoms with van der Waals surface area (Å²) in [6, 6.07) is 0. The van der Waals surface area contributed by atoms with Crippen LogP contribution in [0.3, 0.4) is 0 Å². The van der Waals surface area contributed by atoms with E-state index < -0.39 is 9.99 Å². The first-order chi connectivity index (χ1) is 7.12. The molecule has 15 heavy (non-hydrogen) atoms. The SMILES string of the molecule is NC1(CCCC2(N)N=CCS2)N=CCS1. The highest BCUT2D eigenvalue weighted by atomic mass is 32.2. The Balaban J connectivity index is 1.75. The van der Waals surface area contributed by atoms with Crippen LogP contribution >= 0.6 is 23.5 Å². The summed E-state index contributed by atoms with van der Waals surface area (Å²) >= 11 is 3.39. The van der Waals surface area contributed by atoms with Crippen molar-refractivity contribution < 1.29 is 0 Å². The fraction of sp³-hybridized carbons (Fsp3) is 0.778. The molecule has 4 nitrogen and oxygen atoms in total. The van der Waals surface area contributed by atoms with Crippen molar-refractivity contribution >= 4 is 36.0 Å². The van der Waals surface area contributed by atoms with Crippen molar-refractivity contribution in [3.05, 3.63) is 0 Å². The summed E-state index contributed by atoms with van der Waals surface area (Å²) in [6.45, 7) is 0. The van der Waals surface area contributed by atoms with Crippen LogP contribution in [0.4, 0.5) is 0 Å². The summed E-state index contributed by atoms with van der Waals surface area (Å²) in [5.41, 5.74) is 12.1. The van der Waals surface area contributed by atoms with Gasteiger partial charge in [0.05, 0.1) is 0 Å². The lowest BCUT2D eigenvalue weighted by Gasteiger charge is -2.23. The van der Waals surface area contributed by atoms with Gasteiger partial charge in [-0.2, -0.15) is 0 Å². The second-order valence-corrected chi connectivity index (χ2v) is 6.45. The highest BCUT2D eigenvalue weighted by molar-refractivity contribution is 8.01. The molecule has 84 valence electrons. The van der Waals surface area contributed by atoms with Crippen LogP contribution < -0.4 is 11.5 Å². The Labute approximate surface area is 98.4 Å². The van der Waals surface area contributed by atoms with Crippen LogP contribution in [0.1, 0.15) is 19.3 Å². The summed E-state index contributed by atoms with van der Waals surface area (Å²) < 4.78 is 0. The highest BCUT2D eigenvalue weighted by Crippen LogP contribution is 2.34. The average molecular weight is 244 g/mol. The van der Waals surface area contributed by atoms with Gasteiger partial charge in [0, 0.05) is 23.9 Å². The zero-order valence-electron chi connectivity index (χ0n) is 8.56. The Morgan fingerprint density at radius 2 is 1.47 bits per heavy atom. The van der Waals surface area contributed by atoms with Gasteiger partial charge in [-0.1, -0.05) is 0 Å². The molecule has 2 unspecified atom stereocenters. The molecule has 0 saturated carbocycles. The molecule has 6 heteroatoms. The molecule has 2 aliphatic heterocycles. The molecule has 2 heterocycles. The van der Waals surface area contributed by atoms with Crippen molar-refractivity contribution in [2.24, 2.45) is 21.5 Å². The third-order valence-corrected chi connectivity index (χ3v) is 4.76. The van der Waals surface area contributed by atoms with Crippen molar-refractivity contribution in [1.29, 1.82) is 0 Å². The molecule has 0 aromatic carbocycles. The fourth-order valence-electron chi connectivity index (χ4n) is 1.69. The molecule has 0 aliphatic carbocycles. The highest BCUT2D eigenvalue weighted by Gasteiger charge is 2.30. The Morgan fingerprint density at radius 1 is 1.00 bits per heavy atom. The molecule has 0 amide bonds.